The lowest BCUT2D eigenvalue weighted by Crippen LogP contribution is -2.08. The summed E-state index contributed by atoms with van der Waals surface area (Å²) in [6.07, 6.45) is 0.520. The van der Waals surface area contributed by atoms with Gasteiger partial charge >= 0.3 is 0 Å². The monoisotopic (exact) mass is 340 g/mol. The van der Waals surface area contributed by atoms with Gasteiger partial charge in [-0.1, -0.05) is 6.07 Å². The standard InChI is InChI=1S/C17H20N6O2/c1-10-7-15(20-11(2)19-10)23-16(21-17(18)22-23)9-12-5-6-13(24-3)14(8-12)25-4/h5-8H,9H2,1-4H3,(H2,18,22). The highest BCUT2D eigenvalue weighted by Crippen LogP contribution is 2.28. The lowest BCUT2D eigenvalue weighted by molar-refractivity contribution is 0.354. The fourth-order valence-electron chi connectivity index (χ4n) is 2.64. The third-order valence-corrected chi connectivity index (χ3v) is 3.67. The van der Waals surface area contributed by atoms with E-state index in [-0.39, 0.29) is 5.95 Å². The van der Waals surface area contributed by atoms with Crippen LogP contribution in [0.5, 0.6) is 11.5 Å². The van der Waals surface area contributed by atoms with Gasteiger partial charge < -0.3 is 15.2 Å². The predicted molar refractivity (Wildman–Crippen MR) is 93.2 cm³/mol. The van der Waals surface area contributed by atoms with Gasteiger partial charge in [-0.3, -0.25) is 0 Å². The molecule has 130 valence electrons. The van der Waals surface area contributed by atoms with E-state index in [1.165, 1.54) is 0 Å². The van der Waals surface area contributed by atoms with Gasteiger partial charge in [0.25, 0.3) is 0 Å². The van der Waals surface area contributed by atoms with E-state index >= 15 is 0 Å². The fraction of sp³-hybridized carbons (Fsp3) is 0.294. The number of hydrogen-bond donors (Lipinski definition) is 1. The maximum Gasteiger partial charge on any atom is 0.240 e. The van der Waals surface area contributed by atoms with Crippen molar-refractivity contribution in [3.8, 4) is 17.3 Å². The molecule has 2 aromatic heterocycles. The second-order valence-electron chi connectivity index (χ2n) is 5.58. The van der Waals surface area contributed by atoms with Crippen molar-refractivity contribution in [2.75, 3.05) is 20.0 Å². The van der Waals surface area contributed by atoms with Crippen molar-refractivity contribution < 1.29 is 9.47 Å². The number of rotatable bonds is 5. The molecule has 0 spiro atoms. The SMILES string of the molecule is COc1ccc(Cc2nc(N)nn2-c2cc(C)nc(C)n2)cc1OC. The molecule has 0 aliphatic rings. The quantitative estimate of drug-likeness (QED) is 0.756. The van der Waals surface area contributed by atoms with Gasteiger partial charge in [0.05, 0.1) is 14.2 Å². The largest absolute Gasteiger partial charge is 0.493 e. The average molecular weight is 340 g/mol. The van der Waals surface area contributed by atoms with Gasteiger partial charge in [-0.2, -0.15) is 9.67 Å². The van der Waals surface area contributed by atoms with Crippen LogP contribution in [-0.2, 0) is 6.42 Å². The van der Waals surface area contributed by atoms with Crippen LogP contribution in [0, 0.1) is 13.8 Å². The molecule has 3 aromatic rings. The molecule has 3 rings (SSSR count). The van der Waals surface area contributed by atoms with Crippen LogP contribution in [0.25, 0.3) is 5.82 Å². The number of ether oxygens (including phenoxy) is 2. The van der Waals surface area contributed by atoms with Crippen molar-refractivity contribution in [2.24, 2.45) is 0 Å². The second-order valence-corrected chi connectivity index (χ2v) is 5.58. The zero-order valence-electron chi connectivity index (χ0n) is 14.6. The molecule has 0 saturated heterocycles. The third-order valence-electron chi connectivity index (χ3n) is 3.67. The normalized spacial score (nSPS) is 10.7. The molecule has 8 nitrogen and oxygen atoms in total. The van der Waals surface area contributed by atoms with E-state index in [0.29, 0.717) is 35.4 Å². The van der Waals surface area contributed by atoms with Crippen molar-refractivity contribution in [3.05, 3.63) is 47.2 Å². The molecular formula is C17H20N6O2. The summed E-state index contributed by atoms with van der Waals surface area (Å²) in [5.41, 5.74) is 7.67. The Morgan fingerprint density at radius 1 is 1.00 bits per heavy atom. The van der Waals surface area contributed by atoms with Crippen LogP contribution in [0.1, 0.15) is 22.9 Å². The van der Waals surface area contributed by atoms with E-state index in [1.54, 1.807) is 18.9 Å². The molecule has 2 N–H and O–H groups in total. The molecule has 1 aromatic carbocycles. The summed E-state index contributed by atoms with van der Waals surface area (Å²) in [4.78, 5) is 13.1. The van der Waals surface area contributed by atoms with Crippen LogP contribution in [-0.4, -0.2) is 39.0 Å². The fourth-order valence-corrected chi connectivity index (χ4v) is 2.64. The van der Waals surface area contributed by atoms with Crippen LogP contribution < -0.4 is 15.2 Å². The van der Waals surface area contributed by atoms with Crippen LogP contribution in [0.4, 0.5) is 5.95 Å². The smallest absolute Gasteiger partial charge is 0.240 e. The van der Waals surface area contributed by atoms with Crippen LogP contribution >= 0.6 is 0 Å². The number of nitrogens with two attached hydrogens (primary N) is 1. The molecule has 25 heavy (non-hydrogen) atoms. The molecule has 0 bridgehead atoms. The van der Waals surface area contributed by atoms with Crippen molar-refractivity contribution >= 4 is 5.95 Å². The van der Waals surface area contributed by atoms with Crippen molar-refractivity contribution in [3.63, 3.8) is 0 Å². The minimum atomic E-state index is 0.199. The zero-order valence-corrected chi connectivity index (χ0v) is 14.6. The molecule has 2 heterocycles. The van der Waals surface area contributed by atoms with Gasteiger partial charge in [0.1, 0.15) is 11.6 Å². The third kappa shape index (κ3) is 3.52. The first-order valence-corrected chi connectivity index (χ1v) is 7.75. The number of aryl methyl sites for hydroxylation is 2. The van der Waals surface area contributed by atoms with Crippen LogP contribution in [0.2, 0.25) is 0 Å². The molecule has 0 unspecified atom stereocenters. The number of methoxy groups -OCH3 is 2. The number of nitrogens with zero attached hydrogens (tertiary/aromatic N) is 5. The number of aromatic nitrogens is 5. The highest BCUT2D eigenvalue weighted by molar-refractivity contribution is 5.44. The zero-order chi connectivity index (χ0) is 18.0. The van der Waals surface area contributed by atoms with E-state index in [0.717, 1.165) is 11.3 Å². The molecule has 0 aliphatic heterocycles. The second kappa shape index (κ2) is 6.76. The minimum Gasteiger partial charge on any atom is -0.493 e. The molecule has 0 fully saturated rings. The van der Waals surface area contributed by atoms with Gasteiger partial charge in [0.2, 0.25) is 5.95 Å². The lowest BCUT2D eigenvalue weighted by atomic mass is 10.1. The Hall–Kier alpha value is -3.16. The summed E-state index contributed by atoms with van der Waals surface area (Å²) < 4.78 is 12.3. The van der Waals surface area contributed by atoms with E-state index in [9.17, 15) is 0 Å². The number of hydrogen-bond acceptors (Lipinski definition) is 7. The topological polar surface area (TPSA) is 101 Å². The number of benzene rings is 1. The molecule has 0 aliphatic carbocycles. The van der Waals surface area contributed by atoms with Gasteiger partial charge in [-0.15, -0.1) is 5.10 Å². The van der Waals surface area contributed by atoms with Crippen molar-refractivity contribution in [2.45, 2.75) is 20.3 Å². The van der Waals surface area contributed by atoms with Crippen molar-refractivity contribution in [1.29, 1.82) is 0 Å². The Bertz CT molecular complexity index is 886. The first-order chi connectivity index (χ1) is 12.0. The maximum atomic E-state index is 5.82. The summed E-state index contributed by atoms with van der Waals surface area (Å²) in [6.45, 7) is 3.75. The molecule has 0 atom stereocenters. The molecule has 8 heteroatoms. The molecule has 0 saturated carbocycles. The van der Waals surface area contributed by atoms with Gasteiger partial charge in [-0.05, 0) is 31.5 Å². The summed E-state index contributed by atoms with van der Waals surface area (Å²) in [5.74, 6) is 3.53. The summed E-state index contributed by atoms with van der Waals surface area (Å²) in [6, 6.07) is 7.56. The Labute approximate surface area is 145 Å². The van der Waals surface area contributed by atoms with Crippen LogP contribution in [0.3, 0.4) is 0 Å². The predicted octanol–water partition coefficient (Wildman–Crippen LogP) is 1.86. The minimum absolute atomic E-state index is 0.199. The Morgan fingerprint density at radius 3 is 2.44 bits per heavy atom. The maximum absolute atomic E-state index is 5.82. The van der Waals surface area contributed by atoms with E-state index in [1.807, 2.05) is 38.1 Å². The highest BCUT2D eigenvalue weighted by atomic mass is 16.5. The first-order valence-electron chi connectivity index (χ1n) is 7.75. The summed E-state index contributed by atoms with van der Waals surface area (Å²) >= 11 is 0. The van der Waals surface area contributed by atoms with Crippen molar-refractivity contribution in [1.82, 2.24) is 24.7 Å². The Kier molecular flexibility index (Phi) is 4.51. The molecule has 0 radical (unpaired) electrons. The molecule has 0 amide bonds. The average Bonchev–Trinajstić information content (AvgIpc) is 2.94. The molecular weight excluding hydrogens is 320 g/mol. The van der Waals surface area contributed by atoms with E-state index in [2.05, 4.69) is 20.1 Å². The van der Waals surface area contributed by atoms with Gasteiger partial charge in [0.15, 0.2) is 17.3 Å². The lowest BCUT2D eigenvalue weighted by Gasteiger charge is -2.10. The van der Waals surface area contributed by atoms with Gasteiger partial charge in [0, 0.05) is 18.2 Å². The summed E-state index contributed by atoms with van der Waals surface area (Å²) in [5, 5.41) is 4.27. The highest BCUT2D eigenvalue weighted by Gasteiger charge is 2.14. The van der Waals surface area contributed by atoms with E-state index < -0.39 is 0 Å². The van der Waals surface area contributed by atoms with E-state index in [4.69, 9.17) is 15.2 Å². The Balaban J connectivity index is 1.99. The number of nitrogen functional groups attached to an aromatic ring is 1. The Morgan fingerprint density at radius 2 is 1.76 bits per heavy atom. The summed E-state index contributed by atoms with van der Waals surface area (Å²) in [7, 11) is 3.21. The van der Waals surface area contributed by atoms with Crippen LogP contribution in [0.15, 0.2) is 24.3 Å². The number of anilines is 1. The first kappa shape index (κ1) is 16.7. The van der Waals surface area contributed by atoms with Gasteiger partial charge in [-0.25, -0.2) is 9.97 Å².